The minimum absolute atomic E-state index is 0.0130. The van der Waals surface area contributed by atoms with Crippen molar-refractivity contribution in [1.82, 2.24) is 9.80 Å². The summed E-state index contributed by atoms with van der Waals surface area (Å²) in [5, 5.41) is 10.8. The molecule has 1 unspecified atom stereocenters. The molecule has 2 rings (SSSR count). The molecule has 1 N–H and O–H groups in total. The minimum Gasteiger partial charge on any atom is -0.496 e. The fraction of sp³-hybridized carbons (Fsp3) is 0.538. The highest BCUT2D eigenvalue weighted by molar-refractivity contribution is 7.12. The normalized spacial score (nSPS) is 17.8. The highest BCUT2D eigenvalue weighted by Gasteiger charge is 2.28. The molecule has 1 aromatic heterocycles. The van der Waals surface area contributed by atoms with Gasteiger partial charge in [-0.2, -0.15) is 0 Å². The van der Waals surface area contributed by atoms with E-state index in [0.717, 1.165) is 0 Å². The van der Waals surface area contributed by atoms with Crippen LogP contribution in [-0.2, 0) is 4.79 Å². The Morgan fingerprint density at radius 1 is 1.35 bits per heavy atom. The molecule has 1 amide bonds. The summed E-state index contributed by atoms with van der Waals surface area (Å²) in [6.07, 6.45) is 0. The maximum absolute atomic E-state index is 12.3. The van der Waals surface area contributed by atoms with Gasteiger partial charge in [-0.25, -0.2) is 0 Å². The van der Waals surface area contributed by atoms with E-state index in [2.05, 4.69) is 0 Å². The first-order valence-corrected chi connectivity index (χ1v) is 7.29. The highest BCUT2D eigenvalue weighted by atomic mass is 32.1. The van der Waals surface area contributed by atoms with E-state index < -0.39 is 12.0 Å². The van der Waals surface area contributed by atoms with Gasteiger partial charge in [0, 0.05) is 37.6 Å². The molecule has 1 saturated heterocycles. The Labute approximate surface area is 121 Å². The number of carbonyl (C=O) groups is 2. The van der Waals surface area contributed by atoms with E-state index in [0.29, 0.717) is 36.8 Å². The maximum Gasteiger partial charge on any atom is 0.320 e. The lowest BCUT2D eigenvalue weighted by Gasteiger charge is -2.36. The first kappa shape index (κ1) is 14.8. The molecular weight excluding hydrogens is 280 g/mol. The number of methoxy groups -OCH3 is 1. The lowest BCUT2D eigenvalue weighted by atomic mass is 10.2. The van der Waals surface area contributed by atoms with Crippen LogP contribution in [0.5, 0.6) is 5.75 Å². The zero-order valence-electron chi connectivity index (χ0n) is 11.5. The van der Waals surface area contributed by atoms with E-state index in [1.165, 1.54) is 11.3 Å². The summed E-state index contributed by atoms with van der Waals surface area (Å²) >= 11 is 1.36. The fourth-order valence-corrected chi connectivity index (χ4v) is 2.98. The van der Waals surface area contributed by atoms with Crippen molar-refractivity contribution in [1.29, 1.82) is 0 Å². The number of hydrogen-bond acceptors (Lipinski definition) is 5. The molecule has 0 radical (unpaired) electrons. The first-order chi connectivity index (χ1) is 9.52. The van der Waals surface area contributed by atoms with E-state index in [1.54, 1.807) is 30.4 Å². The largest absolute Gasteiger partial charge is 0.496 e. The van der Waals surface area contributed by atoms with Gasteiger partial charge in [0.1, 0.15) is 11.8 Å². The summed E-state index contributed by atoms with van der Waals surface area (Å²) in [7, 11) is 1.57. The Morgan fingerprint density at radius 3 is 2.50 bits per heavy atom. The summed E-state index contributed by atoms with van der Waals surface area (Å²) < 4.78 is 5.07. The fourth-order valence-electron chi connectivity index (χ4n) is 2.16. The number of carboxylic acids is 1. The van der Waals surface area contributed by atoms with Crippen LogP contribution in [0.25, 0.3) is 0 Å². The van der Waals surface area contributed by atoms with Gasteiger partial charge in [-0.15, -0.1) is 11.3 Å². The molecule has 7 heteroatoms. The second-order valence-corrected chi connectivity index (χ2v) is 5.60. The van der Waals surface area contributed by atoms with Crippen molar-refractivity contribution in [2.45, 2.75) is 13.0 Å². The number of thiophene rings is 1. The van der Waals surface area contributed by atoms with Gasteiger partial charge in [0.05, 0.1) is 12.0 Å². The molecule has 1 fully saturated rings. The molecule has 20 heavy (non-hydrogen) atoms. The van der Waals surface area contributed by atoms with Gasteiger partial charge in [0.15, 0.2) is 0 Å². The molecule has 1 aromatic rings. The third-order valence-electron chi connectivity index (χ3n) is 3.53. The van der Waals surface area contributed by atoms with Crippen molar-refractivity contribution in [2.75, 3.05) is 33.3 Å². The van der Waals surface area contributed by atoms with Crippen molar-refractivity contribution in [2.24, 2.45) is 0 Å². The predicted molar refractivity (Wildman–Crippen MR) is 75.4 cm³/mol. The third kappa shape index (κ3) is 3.10. The molecule has 1 atom stereocenters. The minimum atomic E-state index is -0.826. The summed E-state index contributed by atoms with van der Waals surface area (Å²) in [6, 6.07) is 1.23. The summed E-state index contributed by atoms with van der Waals surface area (Å²) in [6.45, 7) is 3.95. The zero-order valence-corrected chi connectivity index (χ0v) is 12.4. The second kappa shape index (κ2) is 6.23. The quantitative estimate of drug-likeness (QED) is 0.897. The van der Waals surface area contributed by atoms with Crippen LogP contribution in [0.3, 0.4) is 0 Å². The lowest BCUT2D eigenvalue weighted by molar-refractivity contribution is -0.143. The molecule has 0 aromatic carbocycles. The molecule has 0 saturated carbocycles. The van der Waals surface area contributed by atoms with Crippen LogP contribution in [0, 0.1) is 0 Å². The van der Waals surface area contributed by atoms with Crippen molar-refractivity contribution in [3.63, 3.8) is 0 Å². The van der Waals surface area contributed by atoms with Crippen molar-refractivity contribution >= 4 is 23.2 Å². The van der Waals surface area contributed by atoms with Crippen LogP contribution < -0.4 is 4.74 Å². The van der Waals surface area contributed by atoms with Gasteiger partial charge in [0.2, 0.25) is 0 Å². The van der Waals surface area contributed by atoms with Gasteiger partial charge >= 0.3 is 5.97 Å². The van der Waals surface area contributed by atoms with Crippen molar-refractivity contribution in [3.8, 4) is 5.75 Å². The molecule has 0 spiro atoms. The number of rotatable bonds is 4. The zero-order chi connectivity index (χ0) is 14.7. The number of aliphatic carboxylic acids is 1. The standard InChI is InChI=1S/C13H18N2O4S/c1-9(13(17)18)14-3-5-15(6-4-14)12(16)11-7-10(19-2)8-20-11/h7-9H,3-6H2,1-2H3,(H,17,18). The first-order valence-electron chi connectivity index (χ1n) is 6.41. The number of piperazine rings is 1. The van der Waals surface area contributed by atoms with Gasteiger partial charge in [0.25, 0.3) is 5.91 Å². The Hall–Kier alpha value is -1.60. The highest BCUT2D eigenvalue weighted by Crippen LogP contribution is 2.23. The average molecular weight is 298 g/mol. The number of amides is 1. The van der Waals surface area contributed by atoms with E-state index in [-0.39, 0.29) is 5.91 Å². The van der Waals surface area contributed by atoms with Gasteiger partial charge in [-0.3, -0.25) is 14.5 Å². The number of carboxylic acid groups (broad SMARTS) is 1. The van der Waals surface area contributed by atoms with Crippen LogP contribution in [0.15, 0.2) is 11.4 Å². The monoisotopic (exact) mass is 298 g/mol. The maximum atomic E-state index is 12.3. The Balaban J connectivity index is 1.93. The van der Waals surface area contributed by atoms with Crippen LogP contribution in [0.4, 0.5) is 0 Å². The molecule has 0 aliphatic carbocycles. The summed E-state index contributed by atoms with van der Waals surface area (Å²) in [4.78, 5) is 27.5. The number of ether oxygens (including phenoxy) is 1. The molecular formula is C13H18N2O4S. The Kier molecular flexibility index (Phi) is 4.61. The van der Waals surface area contributed by atoms with E-state index in [9.17, 15) is 9.59 Å². The molecule has 6 nitrogen and oxygen atoms in total. The van der Waals surface area contributed by atoms with Crippen LogP contribution >= 0.6 is 11.3 Å². The molecule has 110 valence electrons. The Bertz CT molecular complexity index is 494. The molecule has 2 heterocycles. The van der Waals surface area contributed by atoms with Crippen molar-refractivity contribution < 1.29 is 19.4 Å². The number of carbonyl (C=O) groups excluding carboxylic acids is 1. The lowest BCUT2D eigenvalue weighted by Crippen LogP contribution is -2.53. The van der Waals surface area contributed by atoms with Gasteiger partial charge in [-0.1, -0.05) is 0 Å². The van der Waals surface area contributed by atoms with Crippen LogP contribution in [0.2, 0.25) is 0 Å². The van der Waals surface area contributed by atoms with Crippen LogP contribution in [0.1, 0.15) is 16.6 Å². The summed E-state index contributed by atoms with van der Waals surface area (Å²) in [5.41, 5.74) is 0. The van der Waals surface area contributed by atoms with Gasteiger partial charge in [-0.05, 0) is 6.92 Å². The SMILES string of the molecule is COc1csc(C(=O)N2CCN(C(C)C(=O)O)CC2)c1. The molecule has 1 aliphatic heterocycles. The van der Waals surface area contributed by atoms with Gasteiger partial charge < -0.3 is 14.7 Å². The topological polar surface area (TPSA) is 70.1 Å². The second-order valence-electron chi connectivity index (χ2n) is 4.69. The smallest absolute Gasteiger partial charge is 0.320 e. The number of nitrogens with zero attached hydrogens (tertiary/aromatic N) is 2. The van der Waals surface area contributed by atoms with Crippen molar-refractivity contribution in [3.05, 3.63) is 16.3 Å². The predicted octanol–water partition coefficient (Wildman–Crippen LogP) is 0.988. The average Bonchev–Trinajstić information content (AvgIpc) is 2.94. The number of hydrogen-bond donors (Lipinski definition) is 1. The molecule has 1 aliphatic rings. The van der Waals surface area contributed by atoms with E-state index in [4.69, 9.17) is 9.84 Å². The summed E-state index contributed by atoms with van der Waals surface area (Å²) in [5.74, 6) is -0.148. The van der Waals surface area contributed by atoms with Crippen LogP contribution in [-0.4, -0.2) is 66.1 Å². The van der Waals surface area contributed by atoms with E-state index >= 15 is 0 Å². The molecule has 0 bridgehead atoms. The Morgan fingerprint density at radius 2 is 2.00 bits per heavy atom. The third-order valence-corrected chi connectivity index (χ3v) is 4.43. The van der Waals surface area contributed by atoms with E-state index in [1.807, 2.05) is 4.90 Å².